The highest BCUT2D eigenvalue weighted by molar-refractivity contribution is 5.94. The van der Waals surface area contributed by atoms with Crippen molar-refractivity contribution >= 4 is 5.78 Å². The first-order valence-corrected chi connectivity index (χ1v) is 5.74. The van der Waals surface area contributed by atoms with Gasteiger partial charge in [0.15, 0.2) is 12.4 Å². The second kappa shape index (κ2) is 5.44. The van der Waals surface area contributed by atoms with Gasteiger partial charge in [-0.25, -0.2) is 0 Å². The fourth-order valence-corrected chi connectivity index (χ4v) is 1.44. The molecule has 1 heterocycles. The first-order valence-electron chi connectivity index (χ1n) is 5.74. The number of aryl methyl sites for hydroxylation is 1. The molecule has 0 spiro atoms. The molecule has 0 fully saturated rings. The van der Waals surface area contributed by atoms with E-state index in [-0.39, 0.29) is 12.4 Å². The molecule has 0 aliphatic heterocycles. The van der Waals surface area contributed by atoms with Gasteiger partial charge in [-0.3, -0.25) is 4.79 Å². The smallest absolute Gasteiger partial charge is 0.253 e. The van der Waals surface area contributed by atoms with Crippen molar-refractivity contribution in [3.63, 3.8) is 0 Å². The predicted molar refractivity (Wildman–Crippen MR) is 64.5 cm³/mol. The van der Waals surface area contributed by atoms with Crippen LogP contribution in [0.15, 0.2) is 28.7 Å². The van der Waals surface area contributed by atoms with Crippen LogP contribution in [0.3, 0.4) is 0 Å². The first-order chi connectivity index (χ1) is 8.69. The van der Waals surface area contributed by atoms with Crippen molar-refractivity contribution in [3.05, 3.63) is 41.6 Å². The van der Waals surface area contributed by atoms with Gasteiger partial charge in [0.1, 0.15) is 5.75 Å². The molecule has 2 rings (SSSR count). The quantitative estimate of drug-likeness (QED) is 0.758. The van der Waals surface area contributed by atoms with E-state index in [1.54, 1.807) is 24.3 Å². The highest BCUT2D eigenvalue weighted by Crippen LogP contribution is 2.15. The van der Waals surface area contributed by atoms with Crippen LogP contribution in [0.25, 0.3) is 0 Å². The van der Waals surface area contributed by atoms with E-state index < -0.39 is 0 Å². The number of carbonyl (C=O) groups is 1. The molecule has 0 saturated heterocycles. The van der Waals surface area contributed by atoms with Gasteiger partial charge in [0.05, 0.1) is 0 Å². The van der Waals surface area contributed by atoms with Crippen LogP contribution in [0, 0.1) is 0 Å². The number of rotatable bonds is 5. The van der Waals surface area contributed by atoms with Gasteiger partial charge >= 0.3 is 0 Å². The Bertz CT molecular complexity index is 549. The fourth-order valence-electron chi connectivity index (χ4n) is 1.44. The van der Waals surface area contributed by atoms with Crippen molar-refractivity contribution in [2.75, 3.05) is 0 Å². The van der Waals surface area contributed by atoms with Gasteiger partial charge in [0, 0.05) is 12.0 Å². The minimum Gasteiger partial charge on any atom is -0.484 e. The highest BCUT2D eigenvalue weighted by Gasteiger charge is 2.06. The SMILES string of the molecule is CCc1nnc(COc2cccc(C(C)=O)c2)o1. The van der Waals surface area contributed by atoms with Gasteiger partial charge in [-0.2, -0.15) is 0 Å². The van der Waals surface area contributed by atoms with E-state index in [1.165, 1.54) is 6.92 Å². The second-order valence-corrected chi connectivity index (χ2v) is 3.82. The molecule has 5 nitrogen and oxygen atoms in total. The lowest BCUT2D eigenvalue weighted by atomic mass is 10.1. The summed E-state index contributed by atoms with van der Waals surface area (Å²) >= 11 is 0. The normalized spacial score (nSPS) is 10.3. The minimum atomic E-state index is 0.00603. The number of aromatic nitrogens is 2. The zero-order valence-corrected chi connectivity index (χ0v) is 10.3. The molecule has 0 amide bonds. The van der Waals surface area contributed by atoms with E-state index in [9.17, 15) is 4.79 Å². The molecular formula is C13H14N2O3. The maximum absolute atomic E-state index is 11.2. The molecule has 0 unspecified atom stereocenters. The van der Waals surface area contributed by atoms with E-state index in [4.69, 9.17) is 9.15 Å². The molecule has 18 heavy (non-hydrogen) atoms. The van der Waals surface area contributed by atoms with Crippen molar-refractivity contribution < 1.29 is 13.9 Å². The molecule has 0 bridgehead atoms. The third-order valence-electron chi connectivity index (χ3n) is 2.41. The zero-order chi connectivity index (χ0) is 13.0. The van der Waals surface area contributed by atoms with Crippen LogP contribution >= 0.6 is 0 Å². The Morgan fingerprint density at radius 1 is 1.33 bits per heavy atom. The summed E-state index contributed by atoms with van der Waals surface area (Å²) in [5, 5.41) is 7.69. The average molecular weight is 246 g/mol. The number of hydrogen-bond acceptors (Lipinski definition) is 5. The van der Waals surface area contributed by atoms with Crippen molar-refractivity contribution in [1.82, 2.24) is 10.2 Å². The van der Waals surface area contributed by atoms with Crippen LogP contribution in [0.2, 0.25) is 0 Å². The summed E-state index contributed by atoms with van der Waals surface area (Å²) < 4.78 is 10.8. The predicted octanol–water partition coefficient (Wildman–Crippen LogP) is 2.41. The molecule has 0 radical (unpaired) electrons. The molecular weight excluding hydrogens is 232 g/mol. The van der Waals surface area contributed by atoms with E-state index in [2.05, 4.69) is 10.2 Å². The maximum Gasteiger partial charge on any atom is 0.253 e. The van der Waals surface area contributed by atoms with E-state index >= 15 is 0 Å². The Morgan fingerprint density at radius 2 is 2.11 bits per heavy atom. The van der Waals surface area contributed by atoms with Crippen LogP contribution in [-0.4, -0.2) is 16.0 Å². The summed E-state index contributed by atoms with van der Waals surface area (Å²) in [5.74, 6) is 1.64. The van der Waals surface area contributed by atoms with E-state index in [0.29, 0.717) is 29.5 Å². The molecule has 1 aromatic heterocycles. The Kier molecular flexibility index (Phi) is 3.72. The van der Waals surface area contributed by atoms with Gasteiger partial charge < -0.3 is 9.15 Å². The fraction of sp³-hybridized carbons (Fsp3) is 0.308. The van der Waals surface area contributed by atoms with Crippen LogP contribution < -0.4 is 4.74 Å². The average Bonchev–Trinajstić information content (AvgIpc) is 2.84. The van der Waals surface area contributed by atoms with E-state index in [0.717, 1.165) is 0 Å². The van der Waals surface area contributed by atoms with Crippen molar-refractivity contribution in [1.29, 1.82) is 0 Å². The number of benzene rings is 1. The Morgan fingerprint density at radius 3 is 2.78 bits per heavy atom. The summed E-state index contributed by atoms with van der Waals surface area (Å²) in [5.41, 5.74) is 0.618. The number of Topliss-reactive ketones (excluding diaryl/α,β-unsaturated/α-hetero) is 1. The molecule has 0 atom stereocenters. The van der Waals surface area contributed by atoms with Crippen LogP contribution in [-0.2, 0) is 13.0 Å². The first kappa shape index (κ1) is 12.3. The summed E-state index contributed by atoms with van der Waals surface area (Å²) in [6, 6.07) is 7.00. The lowest BCUT2D eigenvalue weighted by molar-refractivity contribution is 0.101. The van der Waals surface area contributed by atoms with Gasteiger partial charge in [0.25, 0.3) is 5.89 Å². The topological polar surface area (TPSA) is 65.2 Å². The highest BCUT2D eigenvalue weighted by atomic mass is 16.5. The number of nitrogens with zero attached hydrogens (tertiary/aromatic N) is 2. The Balaban J connectivity index is 2.01. The van der Waals surface area contributed by atoms with Crippen molar-refractivity contribution in [2.45, 2.75) is 26.9 Å². The largest absolute Gasteiger partial charge is 0.484 e. The summed E-state index contributed by atoms with van der Waals surface area (Å²) in [4.78, 5) is 11.2. The molecule has 0 saturated carbocycles. The number of ether oxygens (including phenoxy) is 1. The number of carbonyl (C=O) groups excluding carboxylic acids is 1. The monoisotopic (exact) mass is 246 g/mol. The standard InChI is InChI=1S/C13H14N2O3/c1-3-12-14-15-13(18-12)8-17-11-6-4-5-10(7-11)9(2)16/h4-7H,3,8H2,1-2H3. The third-order valence-corrected chi connectivity index (χ3v) is 2.41. The Hall–Kier alpha value is -2.17. The number of hydrogen-bond donors (Lipinski definition) is 0. The molecule has 94 valence electrons. The van der Waals surface area contributed by atoms with Crippen LogP contribution in [0.4, 0.5) is 0 Å². The molecule has 0 N–H and O–H groups in total. The molecule has 0 aliphatic rings. The van der Waals surface area contributed by atoms with Crippen molar-refractivity contribution in [3.8, 4) is 5.75 Å². The zero-order valence-electron chi connectivity index (χ0n) is 10.3. The summed E-state index contributed by atoms with van der Waals surface area (Å²) in [6.45, 7) is 3.66. The number of ketones is 1. The van der Waals surface area contributed by atoms with Gasteiger partial charge in [0.2, 0.25) is 5.89 Å². The van der Waals surface area contributed by atoms with Crippen molar-refractivity contribution in [2.24, 2.45) is 0 Å². The van der Waals surface area contributed by atoms with Gasteiger partial charge in [-0.1, -0.05) is 19.1 Å². The molecule has 2 aromatic rings. The maximum atomic E-state index is 11.2. The minimum absolute atomic E-state index is 0.00603. The summed E-state index contributed by atoms with van der Waals surface area (Å²) in [6.07, 6.45) is 0.701. The molecule has 5 heteroatoms. The lowest BCUT2D eigenvalue weighted by Crippen LogP contribution is -1.98. The Labute approximate surface area is 105 Å². The molecule has 0 aliphatic carbocycles. The molecule has 1 aromatic carbocycles. The van der Waals surface area contributed by atoms with Gasteiger partial charge in [-0.15, -0.1) is 10.2 Å². The van der Waals surface area contributed by atoms with E-state index in [1.807, 2.05) is 6.92 Å². The third kappa shape index (κ3) is 2.94. The van der Waals surface area contributed by atoms with Crippen LogP contribution in [0.1, 0.15) is 36.0 Å². The van der Waals surface area contributed by atoms with Crippen LogP contribution in [0.5, 0.6) is 5.75 Å². The van der Waals surface area contributed by atoms with Gasteiger partial charge in [-0.05, 0) is 19.1 Å². The summed E-state index contributed by atoms with van der Waals surface area (Å²) in [7, 11) is 0. The lowest BCUT2D eigenvalue weighted by Gasteiger charge is -2.04. The second-order valence-electron chi connectivity index (χ2n) is 3.82.